The largest absolute Gasteiger partial charge is 0.301 e. The molecule has 1 unspecified atom stereocenters. The van der Waals surface area contributed by atoms with E-state index in [-0.39, 0.29) is 17.7 Å². The van der Waals surface area contributed by atoms with Crippen LogP contribution in [-0.4, -0.2) is 10.9 Å². The topological polar surface area (TPSA) is 42.0 Å². The van der Waals surface area contributed by atoms with E-state index in [0.29, 0.717) is 5.13 Å². The number of aromatic nitrogens is 1. The van der Waals surface area contributed by atoms with Gasteiger partial charge in [0.1, 0.15) is 0 Å². The SMILES string of the molecule is CC1(C(=O)Nc2nc(-c3ccccc3)cs2)CC2c3ccccc3C1c1ccccc12. The number of rotatable bonds is 3. The van der Waals surface area contributed by atoms with Gasteiger partial charge in [-0.2, -0.15) is 0 Å². The average molecular weight is 423 g/mol. The Balaban J connectivity index is 1.36. The van der Waals surface area contributed by atoms with E-state index in [1.807, 2.05) is 35.7 Å². The Morgan fingerprint density at radius 3 is 2.13 bits per heavy atom. The zero-order valence-corrected chi connectivity index (χ0v) is 18.0. The Hall–Kier alpha value is -3.24. The smallest absolute Gasteiger partial charge is 0.233 e. The Labute approximate surface area is 185 Å². The van der Waals surface area contributed by atoms with Crippen molar-refractivity contribution in [1.29, 1.82) is 0 Å². The summed E-state index contributed by atoms with van der Waals surface area (Å²) in [5.74, 6) is 0.364. The molecule has 7 rings (SSSR count). The Bertz CT molecular complexity index is 1250. The van der Waals surface area contributed by atoms with E-state index in [0.717, 1.165) is 17.7 Å². The highest BCUT2D eigenvalue weighted by atomic mass is 32.1. The summed E-state index contributed by atoms with van der Waals surface area (Å²) in [4.78, 5) is 18.4. The zero-order chi connectivity index (χ0) is 21.0. The van der Waals surface area contributed by atoms with Gasteiger partial charge in [0.2, 0.25) is 5.91 Å². The highest BCUT2D eigenvalue weighted by Gasteiger charge is 2.53. The van der Waals surface area contributed by atoms with Crippen molar-refractivity contribution in [2.24, 2.45) is 5.41 Å². The average Bonchev–Trinajstić information content (AvgIpc) is 3.28. The van der Waals surface area contributed by atoms with Gasteiger partial charge in [-0.25, -0.2) is 4.98 Å². The molecule has 2 bridgehead atoms. The molecule has 0 fully saturated rings. The van der Waals surface area contributed by atoms with E-state index in [4.69, 9.17) is 0 Å². The first-order chi connectivity index (χ1) is 15.1. The molecule has 1 aromatic heterocycles. The maximum absolute atomic E-state index is 13.7. The normalized spacial score (nSPS) is 23.1. The Kier molecular flexibility index (Phi) is 4.12. The van der Waals surface area contributed by atoms with Crippen molar-refractivity contribution in [2.75, 3.05) is 5.32 Å². The molecule has 0 radical (unpaired) electrons. The summed E-state index contributed by atoms with van der Waals surface area (Å²) in [6, 6.07) is 27.3. The van der Waals surface area contributed by atoms with Crippen molar-refractivity contribution in [1.82, 2.24) is 4.98 Å². The van der Waals surface area contributed by atoms with Crippen LogP contribution in [0.25, 0.3) is 11.3 Å². The molecule has 3 nitrogen and oxygen atoms in total. The van der Waals surface area contributed by atoms with Crippen LogP contribution in [0, 0.1) is 5.41 Å². The predicted octanol–water partition coefficient (Wildman–Crippen LogP) is 6.44. The number of carbonyl (C=O) groups is 1. The van der Waals surface area contributed by atoms with Gasteiger partial charge in [0.25, 0.3) is 0 Å². The third-order valence-electron chi connectivity index (χ3n) is 6.94. The third kappa shape index (κ3) is 2.78. The third-order valence-corrected chi connectivity index (χ3v) is 7.70. The molecule has 3 aliphatic carbocycles. The van der Waals surface area contributed by atoms with Crippen LogP contribution in [0.1, 0.15) is 47.4 Å². The number of nitrogens with one attached hydrogen (secondary N) is 1. The molecule has 4 aromatic rings. The molecule has 0 saturated heterocycles. The van der Waals surface area contributed by atoms with Gasteiger partial charge in [0, 0.05) is 22.8 Å². The molecule has 0 spiro atoms. The predicted molar refractivity (Wildman–Crippen MR) is 125 cm³/mol. The molecule has 1 atom stereocenters. The molecule has 31 heavy (non-hydrogen) atoms. The van der Waals surface area contributed by atoms with Crippen LogP contribution in [0.2, 0.25) is 0 Å². The second-order valence-corrected chi connectivity index (χ2v) is 9.58. The first-order valence-corrected chi connectivity index (χ1v) is 11.5. The minimum absolute atomic E-state index is 0.0541. The van der Waals surface area contributed by atoms with Gasteiger partial charge in [-0.3, -0.25) is 4.79 Å². The van der Waals surface area contributed by atoms with E-state index in [1.54, 1.807) is 0 Å². The van der Waals surface area contributed by atoms with E-state index in [1.165, 1.54) is 33.6 Å². The van der Waals surface area contributed by atoms with Gasteiger partial charge in [-0.1, -0.05) is 78.9 Å². The van der Waals surface area contributed by atoms with Crippen LogP contribution in [0.3, 0.4) is 0 Å². The monoisotopic (exact) mass is 422 g/mol. The molecule has 152 valence electrons. The van der Waals surface area contributed by atoms with Gasteiger partial charge in [0.15, 0.2) is 5.13 Å². The Morgan fingerprint density at radius 1 is 0.903 bits per heavy atom. The zero-order valence-electron chi connectivity index (χ0n) is 17.2. The van der Waals surface area contributed by atoms with Crippen LogP contribution in [0.4, 0.5) is 5.13 Å². The minimum Gasteiger partial charge on any atom is -0.301 e. The van der Waals surface area contributed by atoms with Crippen molar-refractivity contribution in [3.8, 4) is 11.3 Å². The maximum Gasteiger partial charge on any atom is 0.233 e. The molecule has 3 aliphatic rings. The first kappa shape index (κ1) is 18.5. The first-order valence-electron chi connectivity index (χ1n) is 10.7. The number of anilines is 1. The molecule has 0 saturated carbocycles. The van der Waals surface area contributed by atoms with Gasteiger partial charge >= 0.3 is 0 Å². The number of amides is 1. The molecular weight excluding hydrogens is 400 g/mol. The number of hydrogen-bond donors (Lipinski definition) is 1. The van der Waals surface area contributed by atoms with Gasteiger partial charge in [-0.05, 0) is 35.6 Å². The lowest BCUT2D eigenvalue weighted by atomic mass is 9.52. The number of fused-ring (bicyclic) bond motifs is 1. The van der Waals surface area contributed by atoms with E-state index >= 15 is 0 Å². The second-order valence-electron chi connectivity index (χ2n) is 8.72. The summed E-state index contributed by atoms with van der Waals surface area (Å²) in [7, 11) is 0. The lowest BCUT2D eigenvalue weighted by Gasteiger charge is -2.50. The lowest BCUT2D eigenvalue weighted by Crippen LogP contribution is -2.47. The summed E-state index contributed by atoms with van der Waals surface area (Å²) in [6.45, 7) is 2.12. The van der Waals surface area contributed by atoms with E-state index in [9.17, 15) is 4.79 Å². The summed E-state index contributed by atoms with van der Waals surface area (Å²) in [5, 5.41) is 5.82. The molecule has 1 N–H and O–H groups in total. The summed E-state index contributed by atoms with van der Waals surface area (Å²) >= 11 is 1.48. The number of hydrogen-bond acceptors (Lipinski definition) is 3. The summed E-state index contributed by atoms with van der Waals surface area (Å²) in [6.07, 6.45) is 0.814. The van der Waals surface area contributed by atoms with Crippen molar-refractivity contribution >= 4 is 22.4 Å². The van der Waals surface area contributed by atoms with Crippen LogP contribution in [0.5, 0.6) is 0 Å². The second kappa shape index (κ2) is 6.89. The fourth-order valence-corrected chi connectivity index (χ4v) is 6.22. The van der Waals surface area contributed by atoms with E-state index in [2.05, 4.69) is 65.8 Å². The lowest BCUT2D eigenvalue weighted by molar-refractivity contribution is -0.126. The molecule has 1 heterocycles. The van der Waals surface area contributed by atoms with Gasteiger partial charge < -0.3 is 5.32 Å². The molecular formula is C27H22N2OS. The summed E-state index contributed by atoms with van der Waals surface area (Å²) in [5.41, 5.74) is 6.76. The number of carbonyl (C=O) groups excluding carboxylic acids is 1. The number of nitrogens with zero attached hydrogens (tertiary/aromatic N) is 1. The highest BCUT2D eigenvalue weighted by Crippen LogP contribution is 2.61. The molecule has 4 heteroatoms. The van der Waals surface area contributed by atoms with Crippen molar-refractivity contribution in [3.05, 3.63) is 106 Å². The van der Waals surface area contributed by atoms with Crippen LogP contribution < -0.4 is 5.32 Å². The van der Waals surface area contributed by atoms with E-state index < -0.39 is 5.41 Å². The van der Waals surface area contributed by atoms with Gasteiger partial charge in [-0.15, -0.1) is 11.3 Å². The van der Waals surface area contributed by atoms with Gasteiger partial charge in [0.05, 0.1) is 11.1 Å². The Morgan fingerprint density at radius 2 is 1.48 bits per heavy atom. The number of benzene rings is 3. The van der Waals surface area contributed by atoms with Crippen molar-refractivity contribution in [2.45, 2.75) is 25.2 Å². The summed E-state index contributed by atoms with van der Waals surface area (Å²) < 4.78 is 0. The maximum atomic E-state index is 13.7. The molecule has 1 amide bonds. The standard InChI is InChI=1S/C27H22N2OS/c1-27(25(30)29-26-28-23(16-31-26)17-9-3-2-4-10-17)15-22-18-11-5-7-13-20(18)24(27)21-14-8-6-12-19(21)22/h2-14,16,22,24H,15H2,1H3,(H,28,29,30). The number of thiazole rings is 1. The van der Waals surface area contributed by atoms with Crippen LogP contribution in [0.15, 0.2) is 84.2 Å². The molecule has 0 aliphatic heterocycles. The van der Waals surface area contributed by atoms with Crippen molar-refractivity contribution < 1.29 is 4.79 Å². The van der Waals surface area contributed by atoms with Crippen LogP contribution in [-0.2, 0) is 4.79 Å². The fraction of sp³-hybridized carbons (Fsp3) is 0.185. The quantitative estimate of drug-likeness (QED) is 0.413. The molecule has 3 aromatic carbocycles. The minimum atomic E-state index is -0.522. The highest BCUT2D eigenvalue weighted by molar-refractivity contribution is 7.14. The van der Waals surface area contributed by atoms with Crippen molar-refractivity contribution in [3.63, 3.8) is 0 Å². The fourth-order valence-electron chi connectivity index (χ4n) is 5.50. The van der Waals surface area contributed by atoms with Crippen LogP contribution >= 0.6 is 11.3 Å².